The SMILES string of the molecule is COc1cccc([C@@H]2C(C#N)=C(N)OC(C)=C2C(C)=O)c1OC. The number of nitrogens with zero attached hydrogens (tertiary/aromatic N) is 1. The summed E-state index contributed by atoms with van der Waals surface area (Å²) in [6.45, 7) is 3.08. The lowest BCUT2D eigenvalue weighted by molar-refractivity contribution is -0.114. The van der Waals surface area contributed by atoms with Crippen LogP contribution < -0.4 is 15.2 Å². The number of methoxy groups -OCH3 is 2. The van der Waals surface area contributed by atoms with E-state index in [2.05, 4.69) is 0 Å². The number of allylic oxidation sites excluding steroid dienone is 3. The van der Waals surface area contributed by atoms with E-state index in [0.717, 1.165) is 0 Å². The first kappa shape index (κ1) is 16.4. The van der Waals surface area contributed by atoms with E-state index in [0.29, 0.717) is 28.4 Å². The molecule has 2 N–H and O–H groups in total. The number of hydrogen-bond acceptors (Lipinski definition) is 6. The molecular formula is C17H18N2O4. The topological polar surface area (TPSA) is 94.6 Å². The van der Waals surface area contributed by atoms with Crippen LogP contribution in [0.3, 0.4) is 0 Å². The molecule has 2 rings (SSSR count). The highest BCUT2D eigenvalue weighted by atomic mass is 16.5. The van der Waals surface area contributed by atoms with Crippen LogP contribution in [0.1, 0.15) is 25.3 Å². The second-order valence-electron chi connectivity index (χ2n) is 5.03. The van der Waals surface area contributed by atoms with Crippen LogP contribution in [0, 0.1) is 11.3 Å². The van der Waals surface area contributed by atoms with Crippen molar-refractivity contribution in [2.45, 2.75) is 19.8 Å². The molecule has 0 saturated carbocycles. The first-order valence-corrected chi connectivity index (χ1v) is 6.96. The van der Waals surface area contributed by atoms with Crippen LogP contribution in [0.25, 0.3) is 0 Å². The first-order valence-electron chi connectivity index (χ1n) is 6.96. The van der Waals surface area contributed by atoms with Crippen LogP contribution in [-0.2, 0) is 9.53 Å². The van der Waals surface area contributed by atoms with Crippen molar-refractivity contribution in [2.75, 3.05) is 14.2 Å². The van der Waals surface area contributed by atoms with Crippen molar-refractivity contribution in [3.05, 3.63) is 46.6 Å². The molecule has 0 radical (unpaired) electrons. The van der Waals surface area contributed by atoms with Gasteiger partial charge in [0.15, 0.2) is 17.3 Å². The number of rotatable bonds is 4. The van der Waals surface area contributed by atoms with Gasteiger partial charge >= 0.3 is 0 Å². The number of nitrogens with two attached hydrogens (primary N) is 1. The number of ether oxygens (including phenoxy) is 3. The molecule has 0 aromatic heterocycles. The zero-order valence-corrected chi connectivity index (χ0v) is 13.5. The maximum absolute atomic E-state index is 12.1. The smallest absolute Gasteiger partial charge is 0.205 e. The average molecular weight is 314 g/mol. The monoisotopic (exact) mass is 314 g/mol. The highest BCUT2D eigenvalue weighted by molar-refractivity contribution is 5.97. The van der Waals surface area contributed by atoms with Crippen molar-refractivity contribution in [3.63, 3.8) is 0 Å². The van der Waals surface area contributed by atoms with Gasteiger partial charge in [-0.2, -0.15) is 5.26 Å². The van der Waals surface area contributed by atoms with Gasteiger partial charge in [0, 0.05) is 11.1 Å². The Kier molecular flexibility index (Phi) is 4.60. The summed E-state index contributed by atoms with van der Waals surface area (Å²) in [6.07, 6.45) is 0. The Morgan fingerprint density at radius 2 is 2.04 bits per heavy atom. The van der Waals surface area contributed by atoms with Gasteiger partial charge in [-0.05, 0) is 19.9 Å². The van der Waals surface area contributed by atoms with E-state index in [1.165, 1.54) is 21.1 Å². The lowest BCUT2D eigenvalue weighted by atomic mass is 9.81. The summed E-state index contributed by atoms with van der Waals surface area (Å²) >= 11 is 0. The Bertz CT molecular complexity index is 756. The van der Waals surface area contributed by atoms with Gasteiger partial charge in [-0.25, -0.2) is 0 Å². The predicted molar refractivity (Wildman–Crippen MR) is 83.6 cm³/mol. The van der Waals surface area contributed by atoms with Crippen LogP contribution in [0.5, 0.6) is 11.5 Å². The molecule has 1 heterocycles. The van der Waals surface area contributed by atoms with Crippen LogP contribution in [0.2, 0.25) is 0 Å². The van der Waals surface area contributed by atoms with Gasteiger partial charge in [0.2, 0.25) is 5.88 Å². The molecule has 0 spiro atoms. The molecule has 1 aliphatic heterocycles. The van der Waals surface area contributed by atoms with Crippen LogP contribution in [0.15, 0.2) is 41.0 Å². The molecule has 6 heteroatoms. The lowest BCUT2D eigenvalue weighted by Crippen LogP contribution is -2.23. The zero-order valence-electron chi connectivity index (χ0n) is 13.5. The number of nitriles is 1. The number of carbonyl (C=O) groups excluding carboxylic acids is 1. The number of hydrogen-bond donors (Lipinski definition) is 1. The maximum Gasteiger partial charge on any atom is 0.205 e. The molecule has 1 aliphatic rings. The third kappa shape index (κ3) is 2.73. The molecule has 120 valence electrons. The highest BCUT2D eigenvalue weighted by Crippen LogP contribution is 2.45. The predicted octanol–water partition coefficient (Wildman–Crippen LogP) is 2.37. The fourth-order valence-electron chi connectivity index (χ4n) is 2.79. The van der Waals surface area contributed by atoms with Crippen LogP contribution in [-0.4, -0.2) is 20.0 Å². The van der Waals surface area contributed by atoms with E-state index < -0.39 is 5.92 Å². The second kappa shape index (κ2) is 6.44. The summed E-state index contributed by atoms with van der Waals surface area (Å²) < 4.78 is 16.1. The van der Waals surface area contributed by atoms with E-state index in [-0.39, 0.29) is 17.2 Å². The van der Waals surface area contributed by atoms with E-state index in [9.17, 15) is 10.1 Å². The molecule has 0 bridgehead atoms. The Balaban J connectivity index is 2.78. The Morgan fingerprint density at radius 1 is 1.35 bits per heavy atom. The third-order valence-corrected chi connectivity index (χ3v) is 3.73. The minimum Gasteiger partial charge on any atom is -0.493 e. The van der Waals surface area contributed by atoms with Gasteiger partial charge in [0.05, 0.1) is 20.1 Å². The van der Waals surface area contributed by atoms with Crippen molar-refractivity contribution >= 4 is 5.78 Å². The van der Waals surface area contributed by atoms with E-state index in [1.807, 2.05) is 6.07 Å². The van der Waals surface area contributed by atoms with Gasteiger partial charge in [-0.15, -0.1) is 0 Å². The zero-order chi connectivity index (χ0) is 17.1. The summed E-state index contributed by atoms with van der Waals surface area (Å²) in [5.74, 6) is 0.476. The van der Waals surface area contributed by atoms with Gasteiger partial charge in [-0.3, -0.25) is 4.79 Å². The summed E-state index contributed by atoms with van der Waals surface area (Å²) in [5.41, 5.74) is 7.02. The lowest BCUT2D eigenvalue weighted by Gasteiger charge is -2.28. The molecule has 23 heavy (non-hydrogen) atoms. The van der Waals surface area contributed by atoms with Gasteiger partial charge < -0.3 is 19.9 Å². The minimum atomic E-state index is -0.656. The molecule has 1 atom stereocenters. The van der Waals surface area contributed by atoms with Crippen molar-refractivity contribution in [3.8, 4) is 17.6 Å². The van der Waals surface area contributed by atoms with E-state index in [4.69, 9.17) is 19.9 Å². The largest absolute Gasteiger partial charge is 0.493 e. The molecule has 0 amide bonds. The number of benzene rings is 1. The van der Waals surface area contributed by atoms with Crippen molar-refractivity contribution in [2.24, 2.45) is 5.73 Å². The molecule has 1 aromatic carbocycles. The number of carbonyl (C=O) groups is 1. The normalized spacial score (nSPS) is 17.4. The number of ketones is 1. The van der Waals surface area contributed by atoms with Crippen molar-refractivity contribution < 1.29 is 19.0 Å². The standard InChI is InChI=1S/C17H18N2O4/c1-9(20)14-10(2)23-17(19)12(8-18)15(14)11-6-5-7-13(21-3)16(11)22-4/h5-7,15H,19H2,1-4H3/t15-/m1/s1. The quantitative estimate of drug-likeness (QED) is 0.917. The molecule has 0 aliphatic carbocycles. The van der Waals surface area contributed by atoms with Crippen molar-refractivity contribution in [1.29, 1.82) is 5.26 Å². The van der Waals surface area contributed by atoms with Crippen molar-refractivity contribution in [1.82, 2.24) is 0 Å². The first-order chi connectivity index (χ1) is 11.0. The number of Topliss-reactive ketones (excluding diaryl/α,β-unsaturated/α-hetero) is 1. The van der Waals surface area contributed by atoms with Gasteiger partial charge in [0.25, 0.3) is 0 Å². The minimum absolute atomic E-state index is 0.00938. The Labute approximate surface area is 134 Å². The summed E-state index contributed by atoms with van der Waals surface area (Å²) in [6, 6.07) is 7.33. The van der Waals surface area contributed by atoms with E-state index >= 15 is 0 Å². The molecule has 0 saturated heterocycles. The second-order valence-corrected chi connectivity index (χ2v) is 5.03. The molecule has 1 aromatic rings. The molecular weight excluding hydrogens is 296 g/mol. The fraction of sp³-hybridized carbons (Fsp3) is 0.294. The average Bonchev–Trinajstić information content (AvgIpc) is 2.52. The third-order valence-electron chi connectivity index (χ3n) is 3.73. The molecule has 0 fully saturated rings. The van der Waals surface area contributed by atoms with E-state index in [1.54, 1.807) is 25.1 Å². The van der Waals surface area contributed by atoms with Crippen LogP contribution >= 0.6 is 0 Å². The van der Waals surface area contributed by atoms with Gasteiger partial charge in [0.1, 0.15) is 17.4 Å². The highest BCUT2D eigenvalue weighted by Gasteiger charge is 2.36. The Morgan fingerprint density at radius 3 is 2.57 bits per heavy atom. The van der Waals surface area contributed by atoms with Gasteiger partial charge in [-0.1, -0.05) is 12.1 Å². The molecule has 0 unspecified atom stereocenters. The summed E-state index contributed by atoms with van der Waals surface area (Å²) in [4.78, 5) is 12.1. The number of para-hydroxylation sites is 1. The summed E-state index contributed by atoms with van der Waals surface area (Å²) in [7, 11) is 3.03. The maximum atomic E-state index is 12.1. The molecule has 6 nitrogen and oxygen atoms in total. The van der Waals surface area contributed by atoms with Crippen LogP contribution in [0.4, 0.5) is 0 Å². The summed E-state index contributed by atoms with van der Waals surface area (Å²) in [5, 5.41) is 9.50. The Hall–Kier alpha value is -2.94. The fourth-order valence-corrected chi connectivity index (χ4v) is 2.79.